The summed E-state index contributed by atoms with van der Waals surface area (Å²) >= 11 is 6.00. The van der Waals surface area contributed by atoms with Gasteiger partial charge in [-0.2, -0.15) is 13.2 Å². The lowest BCUT2D eigenvalue weighted by atomic mass is 9.91. The van der Waals surface area contributed by atoms with Crippen molar-refractivity contribution in [3.8, 4) is 11.1 Å². The molecule has 1 heterocycles. The first-order chi connectivity index (χ1) is 10.7. The van der Waals surface area contributed by atoms with Gasteiger partial charge in [0.15, 0.2) is 0 Å². The standard InChI is InChI=1S/C17H14ClF3NO/c1-16(2)13-9-11(10-4-3-5-12(18)8-10)6-7-14(13)22-15(23-16)17(19,20)21/h3-9,22H,1-2H3. The molecule has 0 amide bonds. The van der Waals surface area contributed by atoms with Gasteiger partial charge in [-0.3, -0.25) is 0 Å². The minimum absolute atomic E-state index is 0.388. The Kier molecular flexibility index (Phi) is 3.81. The summed E-state index contributed by atoms with van der Waals surface area (Å²) in [6.45, 7) is 3.22. The zero-order valence-corrected chi connectivity index (χ0v) is 13.2. The molecule has 2 nitrogen and oxygen atoms in total. The zero-order valence-electron chi connectivity index (χ0n) is 12.5. The second-order valence-corrected chi connectivity index (χ2v) is 6.27. The van der Waals surface area contributed by atoms with Gasteiger partial charge in [-0.05, 0) is 49.2 Å². The Hall–Kier alpha value is -1.72. The Bertz CT molecular complexity index is 743. The van der Waals surface area contributed by atoms with Crippen molar-refractivity contribution >= 4 is 17.3 Å². The first-order valence-electron chi connectivity index (χ1n) is 6.97. The number of hydrogen-bond acceptors (Lipinski definition) is 2. The van der Waals surface area contributed by atoms with Crippen LogP contribution < -0.4 is 5.32 Å². The lowest BCUT2D eigenvalue weighted by molar-refractivity contribution is -0.191. The molecule has 3 rings (SSSR count). The van der Waals surface area contributed by atoms with Crippen molar-refractivity contribution in [1.82, 2.24) is 0 Å². The number of hydrogen-bond donors (Lipinski definition) is 1. The number of ether oxygens (including phenoxy) is 1. The van der Waals surface area contributed by atoms with Crippen LogP contribution in [0.3, 0.4) is 0 Å². The maximum atomic E-state index is 12.9. The van der Waals surface area contributed by atoms with Crippen LogP contribution in [0, 0.1) is 6.23 Å². The van der Waals surface area contributed by atoms with Gasteiger partial charge in [0, 0.05) is 16.3 Å². The summed E-state index contributed by atoms with van der Waals surface area (Å²) in [4.78, 5) is 0. The Balaban J connectivity index is 2.04. The largest absolute Gasteiger partial charge is 0.442 e. The molecule has 0 spiro atoms. The molecule has 0 fully saturated rings. The molecule has 2 aromatic rings. The van der Waals surface area contributed by atoms with Gasteiger partial charge >= 0.3 is 6.18 Å². The molecular weight excluding hydrogens is 327 g/mol. The van der Waals surface area contributed by atoms with E-state index in [1.54, 1.807) is 38.1 Å². The summed E-state index contributed by atoms with van der Waals surface area (Å²) in [6.07, 6.45) is -5.65. The highest BCUT2D eigenvalue weighted by molar-refractivity contribution is 6.30. The summed E-state index contributed by atoms with van der Waals surface area (Å²) in [5.41, 5.74) is 1.70. The Morgan fingerprint density at radius 2 is 1.74 bits per heavy atom. The number of fused-ring (bicyclic) bond motifs is 1. The highest BCUT2D eigenvalue weighted by atomic mass is 35.5. The van der Waals surface area contributed by atoms with E-state index in [1.165, 1.54) is 0 Å². The maximum Gasteiger partial charge on any atom is 0.442 e. The fourth-order valence-electron chi connectivity index (χ4n) is 2.59. The van der Waals surface area contributed by atoms with Gasteiger partial charge in [-0.25, -0.2) is 0 Å². The molecule has 1 aliphatic rings. The van der Waals surface area contributed by atoms with Crippen LogP contribution in [-0.4, -0.2) is 6.18 Å². The van der Waals surface area contributed by atoms with E-state index in [0.717, 1.165) is 11.1 Å². The van der Waals surface area contributed by atoms with Crippen LogP contribution in [0.2, 0.25) is 5.02 Å². The van der Waals surface area contributed by atoms with Gasteiger partial charge in [0.05, 0.1) is 5.60 Å². The second-order valence-electron chi connectivity index (χ2n) is 5.83. The Morgan fingerprint density at radius 3 is 2.39 bits per heavy atom. The molecule has 1 radical (unpaired) electrons. The zero-order chi connectivity index (χ0) is 16.8. The van der Waals surface area contributed by atoms with Crippen LogP contribution in [0.1, 0.15) is 19.4 Å². The quantitative estimate of drug-likeness (QED) is 0.715. The number of benzene rings is 2. The van der Waals surface area contributed by atoms with E-state index in [0.29, 0.717) is 16.3 Å². The van der Waals surface area contributed by atoms with Crippen molar-refractivity contribution in [2.24, 2.45) is 0 Å². The number of halogens is 4. The first kappa shape index (κ1) is 16.1. The molecule has 0 aliphatic carbocycles. The molecular formula is C17H14ClF3NO. The fourth-order valence-corrected chi connectivity index (χ4v) is 2.78. The third-order valence-electron chi connectivity index (χ3n) is 3.69. The summed E-state index contributed by atoms with van der Waals surface area (Å²) in [5.74, 6) is 0. The van der Waals surface area contributed by atoms with E-state index in [1.807, 2.05) is 18.2 Å². The van der Waals surface area contributed by atoms with Crippen LogP contribution in [-0.2, 0) is 10.3 Å². The highest BCUT2D eigenvalue weighted by Gasteiger charge is 2.49. The monoisotopic (exact) mass is 340 g/mol. The van der Waals surface area contributed by atoms with Crippen molar-refractivity contribution in [2.45, 2.75) is 25.6 Å². The third kappa shape index (κ3) is 3.16. The number of anilines is 1. The van der Waals surface area contributed by atoms with Gasteiger partial charge in [-0.1, -0.05) is 29.8 Å². The third-order valence-corrected chi connectivity index (χ3v) is 3.92. The lowest BCUT2D eigenvalue weighted by Crippen LogP contribution is -2.41. The van der Waals surface area contributed by atoms with Crippen LogP contribution in [0.25, 0.3) is 11.1 Å². The average molecular weight is 341 g/mol. The van der Waals surface area contributed by atoms with Crippen LogP contribution in [0.15, 0.2) is 42.5 Å². The molecule has 0 aromatic heterocycles. The van der Waals surface area contributed by atoms with Gasteiger partial charge in [0.2, 0.25) is 0 Å². The molecule has 2 aromatic carbocycles. The SMILES string of the molecule is CC1(C)O[C](C(F)(F)F)Nc2ccc(-c3cccc(Cl)c3)cc21. The minimum atomic E-state index is -4.55. The van der Waals surface area contributed by atoms with Gasteiger partial charge in [0.25, 0.3) is 6.23 Å². The molecule has 121 valence electrons. The summed E-state index contributed by atoms with van der Waals surface area (Å²) in [7, 11) is 0. The van der Waals surface area contributed by atoms with E-state index in [4.69, 9.17) is 16.3 Å². The van der Waals surface area contributed by atoms with Crippen molar-refractivity contribution in [2.75, 3.05) is 5.32 Å². The summed E-state index contributed by atoms with van der Waals surface area (Å²) in [6, 6.07) is 12.5. The highest BCUT2D eigenvalue weighted by Crippen LogP contribution is 2.45. The predicted octanol–water partition coefficient (Wildman–Crippen LogP) is 5.74. The average Bonchev–Trinajstić information content (AvgIpc) is 2.45. The van der Waals surface area contributed by atoms with E-state index in [2.05, 4.69) is 5.32 Å². The molecule has 1 aliphatic heterocycles. The minimum Gasteiger partial charge on any atom is -0.345 e. The predicted molar refractivity (Wildman–Crippen MR) is 83.9 cm³/mol. The Labute approximate surface area is 137 Å². The normalized spacial score (nSPS) is 17.5. The molecule has 6 heteroatoms. The maximum absolute atomic E-state index is 12.9. The topological polar surface area (TPSA) is 21.3 Å². The van der Waals surface area contributed by atoms with E-state index in [9.17, 15) is 13.2 Å². The van der Waals surface area contributed by atoms with Gasteiger partial charge in [-0.15, -0.1) is 0 Å². The van der Waals surface area contributed by atoms with Gasteiger partial charge in [0.1, 0.15) is 0 Å². The van der Waals surface area contributed by atoms with Gasteiger partial charge < -0.3 is 10.1 Å². The van der Waals surface area contributed by atoms with Crippen molar-refractivity contribution in [3.63, 3.8) is 0 Å². The van der Waals surface area contributed by atoms with Crippen molar-refractivity contribution in [1.29, 1.82) is 0 Å². The number of nitrogens with one attached hydrogen (secondary N) is 1. The first-order valence-corrected chi connectivity index (χ1v) is 7.35. The van der Waals surface area contributed by atoms with E-state index < -0.39 is 18.0 Å². The molecule has 1 N–H and O–H groups in total. The molecule has 23 heavy (non-hydrogen) atoms. The molecule has 0 bridgehead atoms. The fraction of sp³-hybridized carbons (Fsp3) is 0.235. The molecule has 0 saturated heterocycles. The molecule has 0 unspecified atom stereocenters. The number of rotatable bonds is 1. The molecule has 0 atom stereocenters. The smallest absolute Gasteiger partial charge is 0.345 e. The van der Waals surface area contributed by atoms with E-state index in [-0.39, 0.29) is 0 Å². The van der Waals surface area contributed by atoms with Crippen molar-refractivity contribution < 1.29 is 17.9 Å². The van der Waals surface area contributed by atoms with Crippen molar-refractivity contribution in [3.05, 3.63) is 59.3 Å². The van der Waals surface area contributed by atoms with Crippen LogP contribution in [0.4, 0.5) is 18.9 Å². The summed E-state index contributed by atoms with van der Waals surface area (Å²) < 4.78 is 43.9. The number of alkyl halides is 3. The lowest BCUT2D eigenvalue weighted by Gasteiger charge is -2.38. The Morgan fingerprint density at radius 1 is 1.04 bits per heavy atom. The summed E-state index contributed by atoms with van der Waals surface area (Å²) in [5, 5.41) is 2.92. The van der Waals surface area contributed by atoms with Crippen LogP contribution in [0.5, 0.6) is 0 Å². The van der Waals surface area contributed by atoms with E-state index >= 15 is 0 Å². The van der Waals surface area contributed by atoms with Crippen LogP contribution >= 0.6 is 11.6 Å². The second kappa shape index (κ2) is 5.42. The molecule has 0 saturated carbocycles.